The standard InChI is InChI=1S/C50H97NO10/c1-3-5-7-9-11-12-13-14-15-16-17-18-19-20-21-22-23-24-25-26-27-28-29-30-32-34-36-38-43(54)49(59)51-41(45(55)42(53)37-35-33-31-10-8-6-4-2)40-60-50-48(58)47(57)46(56)44(39-52)61-50/h20-21,41-48,50,52-58H,3-19,22-40H2,1-2H3,(H,51,59)/b21-20-. The highest BCUT2D eigenvalue weighted by atomic mass is 16.7. The quantitative estimate of drug-likeness (QED) is 0.0217. The van der Waals surface area contributed by atoms with Gasteiger partial charge in [-0.1, -0.05) is 206 Å². The summed E-state index contributed by atoms with van der Waals surface area (Å²) in [5, 5.41) is 75.4. The fraction of sp³-hybridized carbons (Fsp3) is 0.940. The van der Waals surface area contributed by atoms with Gasteiger partial charge in [-0.25, -0.2) is 0 Å². The van der Waals surface area contributed by atoms with E-state index in [9.17, 15) is 40.5 Å². The number of rotatable bonds is 43. The van der Waals surface area contributed by atoms with E-state index in [2.05, 4.69) is 31.3 Å². The number of hydrogen-bond acceptors (Lipinski definition) is 10. The molecule has 8 N–H and O–H groups in total. The smallest absolute Gasteiger partial charge is 0.249 e. The summed E-state index contributed by atoms with van der Waals surface area (Å²) in [4.78, 5) is 13.1. The molecule has 1 rings (SSSR count). The molecule has 0 bridgehead atoms. The summed E-state index contributed by atoms with van der Waals surface area (Å²) in [7, 11) is 0. The highest BCUT2D eigenvalue weighted by molar-refractivity contribution is 5.80. The van der Waals surface area contributed by atoms with Gasteiger partial charge in [0.1, 0.15) is 36.6 Å². The number of aliphatic hydroxyl groups excluding tert-OH is 7. The zero-order chi connectivity index (χ0) is 44.8. The van der Waals surface area contributed by atoms with Crippen LogP contribution in [-0.2, 0) is 14.3 Å². The molecular formula is C50H97NO10. The molecule has 9 unspecified atom stereocenters. The molecule has 362 valence electrons. The molecule has 9 atom stereocenters. The summed E-state index contributed by atoms with van der Waals surface area (Å²) in [5.41, 5.74) is 0. The Hall–Kier alpha value is -1.15. The number of nitrogens with one attached hydrogen (secondary N) is 1. The third-order valence-corrected chi connectivity index (χ3v) is 12.6. The van der Waals surface area contributed by atoms with Crippen LogP contribution in [0.1, 0.15) is 232 Å². The van der Waals surface area contributed by atoms with Crippen molar-refractivity contribution in [2.45, 2.75) is 287 Å². The van der Waals surface area contributed by atoms with E-state index in [-0.39, 0.29) is 6.42 Å². The predicted molar refractivity (Wildman–Crippen MR) is 247 cm³/mol. The first-order valence-electron chi connectivity index (χ1n) is 25.6. The van der Waals surface area contributed by atoms with Gasteiger partial charge in [0, 0.05) is 0 Å². The van der Waals surface area contributed by atoms with Crippen LogP contribution >= 0.6 is 0 Å². The van der Waals surface area contributed by atoms with Gasteiger partial charge in [-0.15, -0.1) is 0 Å². The Bertz CT molecular complexity index is 1000. The van der Waals surface area contributed by atoms with Crippen molar-refractivity contribution in [3.05, 3.63) is 12.2 Å². The number of amides is 1. The topological polar surface area (TPSA) is 189 Å². The van der Waals surface area contributed by atoms with Crippen molar-refractivity contribution < 1.29 is 50.0 Å². The first-order valence-corrected chi connectivity index (χ1v) is 25.6. The maximum atomic E-state index is 13.1. The normalized spacial score (nSPS) is 21.5. The average molecular weight is 872 g/mol. The molecule has 1 aliphatic heterocycles. The number of hydrogen-bond donors (Lipinski definition) is 8. The molecular weight excluding hydrogens is 775 g/mol. The number of aliphatic hydroxyl groups is 7. The van der Waals surface area contributed by atoms with Crippen LogP contribution in [0, 0.1) is 0 Å². The lowest BCUT2D eigenvalue weighted by Crippen LogP contribution is -2.60. The molecule has 1 amide bonds. The summed E-state index contributed by atoms with van der Waals surface area (Å²) < 4.78 is 11.1. The van der Waals surface area contributed by atoms with Crippen molar-refractivity contribution in [2.24, 2.45) is 0 Å². The average Bonchev–Trinajstić information content (AvgIpc) is 3.26. The molecule has 1 fully saturated rings. The van der Waals surface area contributed by atoms with Crippen LogP contribution in [0.25, 0.3) is 0 Å². The SMILES string of the molecule is CCCCCCCCCCCCCC/C=C\CCCCCCCCCCCCCC(O)C(=O)NC(COC1OC(CO)C(O)C(O)C1O)C(O)C(O)CCCCCCCCC. The summed E-state index contributed by atoms with van der Waals surface area (Å²) in [5.74, 6) is -0.699. The van der Waals surface area contributed by atoms with Crippen LogP contribution in [0.5, 0.6) is 0 Å². The van der Waals surface area contributed by atoms with Crippen molar-refractivity contribution in [3.8, 4) is 0 Å². The van der Waals surface area contributed by atoms with Gasteiger partial charge in [0.15, 0.2) is 6.29 Å². The third kappa shape index (κ3) is 29.8. The number of carbonyl (C=O) groups excluding carboxylic acids is 1. The Balaban J connectivity index is 2.21. The molecule has 0 radical (unpaired) electrons. The van der Waals surface area contributed by atoms with E-state index in [1.807, 2.05) is 0 Å². The zero-order valence-electron chi connectivity index (χ0n) is 39.2. The van der Waals surface area contributed by atoms with E-state index in [4.69, 9.17) is 9.47 Å². The minimum atomic E-state index is -1.66. The molecule has 0 aliphatic carbocycles. The first kappa shape index (κ1) is 57.9. The molecule has 0 aromatic heterocycles. The van der Waals surface area contributed by atoms with Crippen molar-refractivity contribution in [3.63, 3.8) is 0 Å². The first-order chi connectivity index (χ1) is 29.7. The van der Waals surface area contributed by atoms with E-state index in [1.54, 1.807) is 0 Å². The molecule has 61 heavy (non-hydrogen) atoms. The maximum Gasteiger partial charge on any atom is 0.249 e. The fourth-order valence-electron chi connectivity index (χ4n) is 8.32. The highest BCUT2D eigenvalue weighted by Crippen LogP contribution is 2.23. The lowest BCUT2D eigenvalue weighted by molar-refractivity contribution is -0.303. The zero-order valence-corrected chi connectivity index (χ0v) is 39.2. The molecule has 0 aromatic carbocycles. The van der Waals surface area contributed by atoms with Crippen molar-refractivity contribution >= 4 is 5.91 Å². The van der Waals surface area contributed by atoms with E-state index in [0.717, 1.165) is 44.9 Å². The van der Waals surface area contributed by atoms with E-state index >= 15 is 0 Å². The van der Waals surface area contributed by atoms with Gasteiger partial charge in [-0.2, -0.15) is 0 Å². The summed E-state index contributed by atoms with van der Waals surface area (Å²) in [6.07, 6.45) is 33.1. The lowest BCUT2D eigenvalue weighted by atomic mass is 9.98. The van der Waals surface area contributed by atoms with E-state index in [1.165, 1.54) is 148 Å². The number of allylic oxidation sites excluding steroid dienone is 2. The number of unbranched alkanes of at least 4 members (excludes halogenated alkanes) is 29. The predicted octanol–water partition coefficient (Wildman–Crippen LogP) is 9.23. The minimum Gasteiger partial charge on any atom is -0.394 e. The molecule has 1 saturated heterocycles. The van der Waals surface area contributed by atoms with Crippen molar-refractivity contribution in [1.82, 2.24) is 5.32 Å². The fourth-order valence-corrected chi connectivity index (χ4v) is 8.32. The van der Waals surface area contributed by atoms with Gasteiger partial charge >= 0.3 is 0 Å². The minimum absolute atomic E-state index is 0.261. The monoisotopic (exact) mass is 872 g/mol. The second kappa shape index (κ2) is 40.4. The van der Waals surface area contributed by atoms with Crippen LogP contribution in [-0.4, -0.2) is 110 Å². The van der Waals surface area contributed by atoms with Crippen LogP contribution in [0.4, 0.5) is 0 Å². The van der Waals surface area contributed by atoms with Gasteiger partial charge in [0.2, 0.25) is 5.91 Å². The summed E-state index contributed by atoms with van der Waals surface area (Å²) >= 11 is 0. The molecule has 0 aromatic rings. The summed E-state index contributed by atoms with van der Waals surface area (Å²) in [6.45, 7) is 3.39. The van der Waals surface area contributed by atoms with Crippen LogP contribution in [0.2, 0.25) is 0 Å². The van der Waals surface area contributed by atoms with Gasteiger partial charge in [-0.05, 0) is 38.5 Å². The molecule has 1 aliphatic rings. The second-order valence-electron chi connectivity index (χ2n) is 18.2. The molecule has 0 saturated carbocycles. The van der Waals surface area contributed by atoms with Gasteiger partial charge in [0.25, 0.3) is 0 Å². The van der Waals surface area contributed by atoms with Crippen molar-refractivity contribution in [2.75, 3.05) is 13.2 Å². The lowest BCUT2D eigenvalue weighted by Gasteiger charge is -2.40. The highest BCUT2D eigenvalue weighted by Gasteiger charge is 2.44. The molecule has 1 heterocycles. The molecule has 11 heteroatoms. The third-order valence-electron chi connectivity index (χ3n) is 12.6. The molecule has 0 spiro atoms. The molecule has 11 nitrogen and oxygen atoms in total. The maximum absolute atomic E-state index is 13.1. The number of carbonyl (C=O) groups is 1. The van der Waals surface area contributed by atoms with Gasteiger partial charge in [-0.3, -0.25) is 4.79 Å². The van der Waals surface area contributed by atoms with E-state index in [0.29, 0.717) is 19.3 Å². The Morgan fingerprint density at radius 1 is 0.557 bits per heavy atom. The van der Waals surface area contributed by atoms with Crippen LogP contribution in [0.15, 0.2) is 12.2 Å². The number of ether oxygens (including phenoxy) is 2. The Morgan fingerprint density at radius 2 is 0.951 bits per heavy atom. The van der Waals surface area contributed by atoms with Gasteiger partial charge < -0.3 is 50.5 Å². The Kier molecular flexibility index (Phi) is 38.3. The van der Waals surface area contributed by atoms with Crippen LogP contribution in [0.3, 0.4) is 0 Å². The Morgan fingerprint density at radius 3 is 1.38 bits per heavy atom. The largest absolute Gasteiger partial charge is 0.394 e. The Labute approximate surface area is 372 Å². The van der Waals surface area contributed by atoms with Crippen molar-refractivity contribution in [1.29, 1.82) is 0 Å². The second-order valence-corrected chi connectivity index (χ2v) is 18.2. The summed E-state index contributed by atoms with van der Waals surface area (Å²) in [6, 6.07) is -1.16. The van der Waals surface area contributed by atoms with Crippen LogP contribution < -0.4 is 5.32 Å². The van der Waals surface area contributed by atoms with Gasteiger partial charge in [0.05, 0.1) is 25.4 Å². The van der Waals surface area contributed by atoms with E-state index < -0.39 is 74.2 Å².